The lowest BCUT2D eigenvalue weighted by Crippen LogP contribution is -2.35. The molecule has 1 aliphatic rings. The zero-order valence-electron chi connectivity index (χ0n) is 13.2. The van der Waals surface area contributed by atoms with E-state index in [-0.39, 0.29) is 0 Å². The van der Waals surface area contributed by atoms with Gasteiger partial charge in [0.05, 0.1) is 5.69 Å². The second-order valence-corrected chi connectivity index (χ2v) is 5.73. The van der Waals surface area contributed by atoms with Gasteiger partial charge in [-0.05, 0) is 38.2 Å². The van der Waals surface area contributed by atoms with Gasteiger partial charge < -0.3 is 10.0 Å². The first-order valence-electron chi connectivity index (χ1n) is 7.98. The van der Waals surface area contributed by atoms with Crippen LogP contribution in [0.5, 0.6) is 0 Å². The first kappa shape index (κ1) is 15.7. The summed E-state index contributed by atoms with van der Waals surface area (Å²) in [6.45, 7) is 6.99. The second-order valence-electron chi connectivity index (χ2n) is 5.73. The van der Waals surface area contributed by atoms with Gasteiger partial charge in [0.1, 0.15) is 5.56 Å². The summed E-state index contributed by atoms with van der Waals surface area (Å²) in [5.74, 6) is -0.325. The molecule has 5 nitrogen and oxygen atoms in total. The molecule has 1 aromatic rings. The maximum Gasteiger partial charge on any atom is 0.339 e. The van der Waals surface area contributed by atoms with Crippen molar-refractivity contribution in [2.45, 2.75) is 65.3 Å². The first-order chi connectivity index (χ1) is 10.1. The van der Waals surface area contributed by atoms with E-state index >= 15 is 0 Å². The molecule has 0 aliphatic carbocycles. The lowest BCUT2D eigenvalue weighted by molar-refractivity contribution is 0.0695. The number of aryl methyl sites for hydroxylation is 1. The van der Waals surface area contributed by atoms with Crippen molar-refractivity contribution >= 4 is 11.8 Å². The van der Waals surface area contributed by atoms with Crippen LogP contribution in [-0.4, -0.2) is 33.9 Å². The Hall–Kier alpha value is -1.65. The molecular formula is C16H25N3O2. The van der Waals surface area contributed by atoms with E-state index in [1.54, 1.807) is 0 Å². The molecule has 0 aromatic carbocycles. The quantitative estimate of drug-likeness (QED) is 0.923. The van der Waals surface area contributed by atoms with Gasteiger partial charge in [0, 0.05) is 12.6 Å². The fraction of sp³-hybridized carbons (Fsp3) is 0.688. The van der Waals surface area contributed by atoms with Crippen LogP contribution in [0.2, 0.25) is 0 Å². The van der Waals surface area contributed by atoms with Crippen LogP contribution in [0.3, 0.4) is 0 Å². The molecule has 1 N–H and O–H groups in total. The first-order valence-corrected chi connectivity index (χ1v) is 7.98. The van der Waals surface area contributed by atoms with Crippen molar-refractivity contribution in [1.29, 1.82) is 0 Å². The van der Waals surface area contributed by atoms with Crippen molar-refractivity contribution in [3.05, 3.63) is 16.8 Å². The third-order valence-corrected chi connectivity index (χ3v) is 4.37. The molecule has 5 heteroatoms. The molecule has 1 unspecified atom stereocenters. The third-order valence-electron chi connectivity index (χ3n) is 4.37. The van der Waals surface area contributed by atoms with Gasteiger partial charge in [-0.2, -0.15) is 5.10 Å². The molecule has 1 saturated heterocycles. The van der Waals surface area contributed by atoms with Crippen molar-refractivity contribution in [2.75, 3.05) is 11.4 Å². The maximum absolute atomic E-state index is 11.8. The molecule has 0 saturated carbocycles. The average Bonchev–Trinajstić information content (AvgIpc) is 2.69. The number of rotatable bonds is 4. The van der Waals surface area contributed by atoms with Crippen molar-refractivity contribution in [1.82, 2.24) is 10.2 Å². The Bertz CT molecular complexity index is 516. The average molecular weight is 291 g/mol. The van der Waals surface area contributed by atoms with E-state index in [4.69, 9.17) is 0 Å². The molecule has 21 heavy (non-hydrogen) atoms. The Labute approximate surface area is 126 Å². The minimum absolute atomic E-state index is 0.317. The molecule has 116 valence electrons. The third kappa shape index (κ3) is 3.17. The van der Waals surface area contributed by atoms with Crippen LogP contribution in [0.1, 0.15) is 68.1 Å². The molecule has 0 radical (unpaired) electrons. The number of aromatic carboxylic acids is 1. The van der Waals surface area contributed by atoms with E-state index in [1.807, 2.05) is 13.8 Å². The monoisotopic (exact) mass is 291 g/mol. The van der Waals surface area contributed by atoms with Crippen LogP contribution in [-0.2, 0) is 12.8 Å². The number of hydrogen-bond acceptors (Lipinski definition) is 4. The molecule has 2 heterocycles. The van der Waals surface area contributed by atoms with Crippen LogP contribution < -0.4 is 4.90 Å². The number of carboxylic acid groups (broad SMARTS) is 1. The number of anilines is 1. The van der Waals surface area contributed by atoms with Crippen molar-refractivity contribution < 1.29 is 9.90 Å². The molecular weight excluding hydrogens is 266 g/mol. The minimum atomic E-state index is -0.886. The zero-order valence-corrected chi connectivity index (χ0v) is 13.2. The zero-order chi connectivity index (χ0) is 15.4. The molecule has 0 spiro atoms. The highest BCUT2D eigenvalue weighted by Crippen LogP contribution is 2.28. The number of nitrogens with zero attached hydrogens (tertiary/aromatic N) is 3. The van der Waals surface area contributed by atoms with Gasteiger partial charge >= 0.3 is 5.97 Å². The van der Waals surface area contributed by atoms with Gasteiger partial charge in [0.2, 0.25) is 0 Å². The van der Waals surface area contributed by atoms with Crippen molar-refractivity contribution in [2.24, 2.45) is 0 Å². The summed E-state index contributed by atoms with van der Waals surface area (Å²) < 4.78 is 0. The molecule has 1 atom stereocenters. The summed E-state index contributed by atoms with van der Waals surface area (Å²) >= 11 is 0. The van der Waals surface area contributed by atoms with Crippen LogP contribution in [0.25, 0.3) is 0 Å². The molecule has 2 rings (SSSR count). The Kier molecular flexibility index (Phi) is 5.15. The predicted molar refractivity (Wildman–Crippen MR) is 83.0 cm³/mol. The lowest BCUT2D eigenvalue weighted by Gasteiger charge is -2.29. The SMILES string of the molecule is CCc1nnc(N2CCCCCC2C)c(C(=O)O)c1CC. The van der Waals surface area contributed by atoms with Crippen LogP contribution >= 0.6 is 0 Å². The van der Waals surface area contributed by atoms with Gasteiger partial charge in [0.25, 0.3) is 0 Å². The van der Waals surface area contributed by atoms with Crippen LogP contribution in [0, 0.1) is 0 Å². The van der Waals surface area contributed by atoms with Gasteiger partial charge in [0.15, 0.2) is 5.82 Å². The Morgan fingerprint density at radius 2 is 2.00 bits per heavy atom. The van der Waals surface area contributed by atoms with E-state index in [0.29, 0.717) is 30.3 Å². The summed E-state index contributed by atoms with van der Waals surface area (Å²) in [5, 5.41) is 18.3. The summed E-state index contributed by atoms with van der Waals surface area (Å²) in [6, 6.07) is 0.317. The normalized spacial score (nSPS) is 19.4. The maximum atomic E-state index is 11.8. The van der Waals surface area contributed by atoms with Crippen molar-refractivity contribution in [3.8, 4) is 0 Å². The predicted octanol–water partition coefficient (Wildman–Crippen LogP) is 3.07. The minimum Gasteiger partial charge on any atom is -0.478 e. The highest BCUT2D eigenvalue weighted by atomic mass is 16.4. The van der Waals surface area contributed by atoms with Gasteiger partial charge in [-0.3, -0.25) is 0 Å². The molecule has 0 amide bonds. The Morgan fingerprint density at radius 3 is 2.62 bits per heavy atom. The van der Waals surface area contributed by atoms with Gasteiger partial charge in [-0.1, -0.05) is 26.7 Å². The smallest absolute Gasteiger partial charge is 0.339 e. The van der Waals surface area contributed by atoms with Gasteiger partial charge in [-0.25, -0.2) is 4.79 Å². The number of aromatic nitrogens is 2. The summed E-state index contributed by atoms with van der Waals surface area (Å²) in [4.78, 5) is 14.0. The number of carboxylic acids is 1. The largest absolute Gasteiger partial charge is 0.478 e. The van der Waals surface area contributed by atoms with Gasteiger partial charge in [-0.15, -0.1) is 5.10 Å². The Balaban J connectivity index is 2.54. The molecule has 1 aromatic heterocycles. The topological polar surface area (TPSA) is 66.3 Å². The second kappa shape index (κ2) is 6.87. The standard InChI is InChI=1S/C16H25N3O2/c1-4-12-13(5-2)17-18-15(14(12)16(20)21)19-10-8-6-7-9-11(19)3/h11H,4-10H2,1-3H3,(H,20,21). The molecule has 1 fully saturated rings. The Morgan fingerprint density at radius 1 is 1.24 bits per heavy atom. The van der Waals surface area contributed by atoms with E-state index in [0.717, 1.165) is 30.6 Å². The fourth-order valence-corrected chi connectivity index (χ4v) is 3.18. The molecule has 0 bridgehead atoms. The number of hydrogen-bond donors (Lipinski definition) is 1. The van der Waals surface area contributed by atoms with E-state index in [9.17, 15) is 9.90 Å². The number of carbonyl (C=O) groups is 1. The molecule has 1 aliphatic heterocycles. The van der Waals surface area contributed by atoms with E-state index in [2.05, 4.69) is 22.0 Å². The fourth-order valence-electron chi connectivity index (χ4n) is 3.18. The van der Waals surface area contributed by atoms with Crippen LogP contribution in [0.4, 0.5) is 5.82 Å². The highest BCUT2D eigenvalue weighted by molar-refractivity contribution is 5.95. The van der Waals surface area contributed by atoms with E-state index < -0.39 is 5.97 Å². The van der Waals surface area contributed by atoms with Crippen LogP contribution in [0.15, 0.2) is 0 Å². The highest BCUT2D eigenvalue weighted by Gasteiger charge is 2.27. The van der Waals surface area contributed by atoms with Crippen molar-refractivity contribution in [3.63, 3.8) is 0 Å². The summed E-state index contributed by atoms with van der Waals surface area (Å²) in [7, 11) is 0. The summed E-state index contributed by atoms with van der Waals surface area (Å²) in [6.07, 6.45) is 5.95. The van der Waals surface area contributed by atoms with E-state index in [1.165, 1.54) is 12.8 Å². The summed E-state index contributed by atoms with van der Waals surface area (Å²) in [5.41, 5.74) is 2.01. The lowest BCUT2D eigenvalue weighted by atomic mass is 10.0.